The highest BCUT2D eigenvalue weighted by atomic mass is 32.2. The number of anilines is 1. The van der Waals surface area contributed by atoms with Crippen LogP contribution in [0, 0.1) is 11.3 Å². The van der Waals surface area contributed by atoms with E-state index in [4.69, 9.17) is 14.7 Å². The lowest BCUT2D eigenvalue weighted by atomic mass is 10.3. The van der Waals surface area contributed by atoms with Crippen LogP contribution in [0.25, 0.3) is 0 Å². The Balaban J connectivity index is 1.94. The minimum Gasteiger partial charge on any atom is -0.493 e. The van der Waals surface area contributed by atoms with E-state index in [1.807, 2.05) is 36.4 Å². The molecule has 6 heteroatoms. The molecule has 0 heterocycles. The summed E-state index contributed by atoms with van der Waals surface area (Å²) in [6.07, 6.45) is 0.462. The zero-order valence-electron chi connectivity index (χ0n) is 13.3. The lowest BCUT2D eigenvalue weighted by Crippen LogP contribution is -2.20. The quantitative estimate of drug-likeness (QED) is 0.585. The number of nitriles is 1. The molecule has 0 unspecified atom stereocenters. The van der Waals surface area contributed by atoms with Gasteiger partial charge < -0.3 is 14.8 Å². The van der Waals surface area contributed by atoms with Crippen LogP contribution in [0.3, 0.4) is 0 Å². The molecule has 2 aromatic rings. The summed E-state index contributed by atoms with van der Waals surface area (Å²) < 4.78 is 10.7. The summed E-state index contributed by atoms with van der Waals surface area (Å²) in [6, 6.07) is 16.8. The molecule has 2 aromatic carbocycles. The molecule has 2 rings (SSSR count). The van der Waals surface area contributed by atoms with Crippen molar-refractivity contribution in [3.05, 3.63) is 48.5 Å². The Morgan fingerprint density at radius 1 is 1.17 bits per heavy atom. The summed E-state index contributed by atoms with van der Waals surface area (Å²) >= 11 is 1.54. The Kier molecular flexibility index (Phi) is 6.99. The Labute approximate surface area is 145 Å². The number of nitrogens with zero attached hydrogens (tertiary/aromatic N) is 1. The van der Waals surface area contributed by atoms with Crippen molar-refractivity contribution in [2.24, 2.45) is 0 Å². The van der Waals surface area contributed by atoms with Gasteiger partial charge in [0.1, 0.15) is 0 Å². The van der Waals surface area contributed by atoms with Crippen LogP contribution in [0.15, 0.2) is 53.4 Å². The normalized spacial score (nSPS) is 9.83. The van der Waals surface area contributed by atoms with Gasteiger partial charge >= 0.3 is 0 Å². The Morgan fingerprint density at radius 2 is 1.88 bits per heavy atom. The average molecular weight is 342 g/mol. The van der Waals surface area contributed by atoms with E-state index >= 15 is 0 Å². The number of benzene rings is 2. The lowest BCUT2D eigenvalue weighted by molar-refractivity contribution is -0.118. The number of ether oxygens (including phenoxy) is 2. The first-order valence-electron chi connectivity index (χ1n) is 7.39. The zero-order chi connectivity index (χ0) is 17.2. The molecule has 5 nitrogen and oxygen atoms in total. The molecule has 0 saturated carbocycles. The number of amides is 1. The van der Waals surface area contributed by atoms with Gasteiger partial charge in [-0.3, -0.25) is 4.79 Å². The van der Waals surface area contributed by atoms with Gasteiger partial charge in [-0.1, -0.05) is 24.3 Å². The van der Waals surface area contributed by atoms with Crippen LogP contribution >= 0.6 is 11.8 Å². The monoisotopic (exact) mass is 342 g/mol. The summed E-state index contributed by atoms with van der Waals surface area (Å²) in [5.74, 6) is 1.53. The largest absolute Gasteiger partial charge is 0.493 e. The van der Waals surface area contributed by atoms with E-state index in [2.05, 4.69) is 11.4 Å². The number of nitrogens with one attached hydrogen (secondary N) is 1. The SMILES string of the molecule is COc1ccccc1OCC(=O)Nc1ccccc1SCCC#N. The maximum Gasteiger partial charge on any atom is 0.262 e. The number of hydrogen-bond acceptors (Lipinski definition) is 5. The predicted octanol–water partition coefficient (Wildman–Crippen LogP) is 3.72. The van der Waals surface area contributed by atoms with Crippen LogP contribution in [-0.4, -0.2) is 25.4 Å². The first kappa shape index (κ1) is 17.7. The predicted molar refractivity (Wildman–Crippen MR) is 94.5 cm³/mol. The lowest BCUT2D eigenvalue weighted by Gasteiger charge is -2.12. The average Bonchev–Trinajstić information content (AvgIpc) is 2.62. The number of carbonyl (C=O) groups is 1. The minimum absolute atomic E-state index is 0.114. The molecule has 0 aliphatic heterocycles. The van der Waals surface area contributed by atoms with Crippen molar-refractivity contribution in [3.63, 3.8) is 0 Å². The third-order valence-corrected chi connectivity index (χ3v) is 4.14. The fraction of sp³-hybridized carbons (Fsp3) is 0.222. The van der Waals surface area contributed by atoms with E-state index in [1.165, 1.54) is 11.8 Å². The van der Waals surface area contributed by atoms with Gasteiger partial charge in [-0.2, -0.15) is 5.26 Å². The van der Waals surface area contributed by atoms with Gasteiger partial charge in [-0.25, -0.2) is 0 Å². The van der Waals surface area contributed by atoms with Crippen LogP contribution in [0.2, 0.25) is 0 Å². The molecule has 0 aromatic heterocycles. The molecule has 0 saturated heterocycles. The van der Waals surface area contributed by atoms with Crippen LogP contribution in [0.5, 0.6) is 11.5 Å². The standard InChI is InChI=1S/C18H18N2O3S/c1-22-15-8-3-4-9-16(15)23-13-18(21)20-14-7-2-5-10-17(14)24-12-6-11-19/h2-5,7-10H,6,12-13H2,1H3,(H,20,21). The van der Waals surface area contributed by atoms with Gasteiger partial charge in [0.2, 0.25) is 0 Å². The second kappa shape index (κ2) is 9.48. The third kappa shape index (κ3) is 5.21. The summed E-state index contributed by atoms with van der Waals surface area (Å²) in [5.41, 5.74) is 0.717. The Hall–Kier alpha value is -2.65. The molecule has 1 N–H and O–H groups in total. The van der Waals surface area contributed by atoms with E-state index in [1.54, 1.807) is 19.2 Å². The molecule has 0 radical (unpaired) electrons. The molecule has 0 bridgehead atoms. The van der Waals surface area contributed by atoms with Gasteiger partial charge in [0.05, 0.1) is 18.9 Å². The molecular formula is C18H18N2O3S. The van der Waals surface area contributed by atoms with Crippen molar-refractivity contribution in [1.29, 1.82) is 5.26 Å². The fourth-order valence-electron chi connectivity index (χ4n) is 1.97. The summed E-state index contributed by atoms with van der Waals surface area (Å²) in [7, 11) is 1.55. The molecule has 0 spiro atoms. The smallest absolute Gasteiger partial charge is 0.262 e. The summed E-state index contributed by atoms with van der Waals surface area (Å²) in [5, 5.41) is 11.5. The van der Waals surface area contributed by atoms with E-state index in [0.29, 0.717) is 29.4 Å². The minimum atomic E-state index is -0.255. The summed E-state index contributed by atoms with van der Waals surface area (Å²) in [4.78, 5) is 13.1. The molecule has 0 aliphatic carbocycles. The zero-order valence-corrected chi connectivity index (χ0v) is 14.1. The number of para-hydroxylation sites is 3. The van der Waals surface area contributed by atoms with Crippen molar-refractivity contribution in [3.8, 4) is 17.6 Å². The number of carbonyl (C=O) groups excluding carboxylic acids is 1. The molecule has 124 valence electrons. The first-order valence-corrected chi connectivity index (χ1v) is 8.37. The number of rotatable bonds is 8. The number of hydrogen-bond donors (Lipinski definition) is 1. The molecule has 1 amide bonds. The highest BCUT2D eigenvalue weighted by Gasteiger charge is 2.09. The number of thioether (sulfide) groups is 1. The van der Waals surface area contributed by atoms with Crippen LogP contribution in [0.1, 0.15) is 6.42 Å². The maximum atomic E-state index is 12.1. The van der Waals surface area contributed by atoms with Crippen LogP contribution in [0.4, 0.5) is 5.69 Å². The van der Waals surface area contributed by atoms with E-state index in [9.17, 15) is 4.79 Å². The van der Waals surface area contributed by atoms with Crippen molar-refractivity contribution in [2.45, 2.75) is 11.3 Å². The highest BCUT2D eigenvalue weighted by Crippen LogP contribution is 2.28. The second-order valence-electron chi connectivity index (χ2n) is 4.74. The van der Waals surface area contributed by atoms with Crippen LogP contribution < -0.4 is 14.8 Å². The van der Waals surface area contributed by atoms with Gasteiger partial charge in [0.25, 0.3) is 5.91 Å². The Bertz CT molecular complexity index is 728. The van der Waals surface area contributed by atoms with E-state index in [-0.39, 0.29) is 12.5 Å². The molecule has 24 heavy (non-hydrogen) atoms. The molecular weight excluding hydrogens is 324 g/mol. The highest BCUT2D eigenvalue weighted by molar-refractivity contribution is 7.99. The molecule has 0 atom stereocenters. The van der Waals surface area contributed by atoms with Crippen molar-refractivity contribution in [2.75, 3.05) is 24.8 Å². The number of methoxy groups -OCH3 is 1. The van der Waals surface area contributed by atoms with Gasteiger partial charge in [0, 0.05) is 17.1 Å². The summed E-state index contributed by atoms with van der Waals surface area (Å²) in [6.45, 7) is -0.114. The fourth-order valence-corrected chi connectivity index (χ4v) is 2.83. The topological polar surface area (TPSA) is 71.3 Å². The van der Waals surface area contributed by atoms with Gasteiger partial charge in [0.15, 0.2) is 18.1 Å². The second-order valence-corrected chi connectivity index (χ2v) is 5.88. The van der Waals surface area contributed by atoms with Crippen LogP contribution in [-0.2, 0) is 4.79 Å². The van der Waals surface area contributed by atoms with Crippen molar-refractivity contribution < 1.29 is 14.3 Å². The molecule has 0 aliphatic rings. The third-order valence-electron chi connectivity index (χ3n) is 3.06. The first-order chi connectivity index (χ1) is 11.7. The molecule has 0 fully saturated rings. The van der Waals surface area contributed by atoms with E-state index in [0.717, 1.165) is 4.90 Å². The van der Waals surface area contributed by atoms with Gasteiger partial charge in [-0.05, 0) is 24.3 Å². The van der Waals surface area contributed by atoms with E-state index < -0.39 is 0 Å². The van der Waals surface area contributed by atoms with Gasteiger partial charge in [-0.15, -0.1) is 11.8 Å². The van der Waals surface area contributed by atoms with Crippen molar-refractivity contribution in [1.82, 2.24) is 0 Å². The maximum absolute atomic E-state index is 12.1. The van der Waals surface area contributed by atoms with Crippen molar-refractivity contribution >= 4 is 23.4 Å². The Morgan fingerprint density at radius 3 is 2.62 bits per heavy atom.